The Morgan fingerprint density at radius 3 is 2.46 bits per heavy atom. The summed E-state index contributed by atoms with van der Waals surface area (Å²) in [6, 6.07) is 6.54. The Kier molecular flexibility index (Phi) is 6.04. The van der Waals surface area contributed by atoms with Crippen LogP contribution < -0.4 is 0 Å². The molecule has 0 fully saturated rings. The maximum atomic E-state index is 12.9. The lowest BCUT2D eigenvalue weighted by atomic mass is 10.2. The van der Waals surface area contributed by atoms with Crippen LogP contribution in [0.4, 0.5) is 0 Å². The molecular weight excluding hydrogens is 370 g/mol. The van der Waals surface area contributed by atoms with Gasteiger partial charge in [0.25, 0.3) is 0 Å². The molecule has 26 heavy (non-hydrogen) atoms. The first-order valence-corrected chi connectivity index (χ1v) is 13.5. The Bertz CT molecular complexity index is 884. The molecule has 0 amide bonds. The molecule has 1 heterocycles. The molecule has 1 unspecified atom stereocenters. The summed E-state index contributed by atoms with van der Waals surface area (Å²) in [5.41, 5.74) is 0.0847. The van der Waals surface area contributed by atoms with Crippen LogP contribution in [0.5, 0.6) is 0 Å². The highest BCUT2D eigenvalue weighted by atomic mass is 32.2. The number of carboxylic acid groups (broad SMARTS) is 1. The number of carboxylic acids is 1. The van der Waals surface area contributed by atoms with E-state index in [4.69, 9.17) is 14.6 Å². The van der Waals surface area contributed by atoms with Gasteiger partial charge in [-0.05, 0) is 37.2 Å². The van der Waals surface area contributed by atoms with Gasteiger partial charge in [0.05, 0.1) is 10.5 Å². The molecule has 0 saturated heterocycles. The number of hydrogen-bond acceptors (Lipinski definition) is 5. The SMILES string of the molecule is Cc1nc(S(=N)(=O)c2ccc(C(=O)O)cc2)cn1COCC[Si](C)(C)C. The fraction of sp³-hybridized carbons (Fsp3) is 0.412. The van der Waals surface area contributed by atoms with Gasteiger partial charge in [-0.15, -0.1) is 0 Å². The molecule has 0 bridgehead atoms. The molecule has 2 rings (SSSR count). The molecule has 1 aromatic carbocycles. The summed E-state index contributed by atoms with van der Waals surface area (Å²) in [5, 5.41) is 9.09. The van der Waals surface area contributed by atoms with E-state index in [1.54, 1.807) is 17.7 Å². The molecule has 9 heteroatoms. The zero-order valence-corrected chi connectivity index (χ0v) is 17.3. The van der Waals surface area contributed by atoms with Gasteiger partial charge in [-0.3, -0.25) is 0 Å². The van der Waals surface area contributed by atoms with Gasteiger partial charge < -0.3 is 14.4 Å². The Hall–Kier alpha value is -1.97. The molecule has 0 aliphatic rings. The molecule has 1 aromatic heterocycles. The van der Waals surface area contributed by atoms with E-state index >= 15 is 0 Å². The van der Waals surface area contributed by atoms with E-state index in [2.05, 4.69) is 24.6 Å². The Balaban J connectivity index is 2.14. The largest absolute Gasteiger partial charge is 0.478 e. The second-order valence-electron chi connectivity index (χ2n) is 7.33. The smallest absolute Gasteiger partial charge is 0.335 e. The maximum Gasteiger partial charge on any atom is 0.335 e. The minimum absolute atomic E-state index is 0.0847. The minimum atomic E-state index is -3.31. The number of imidazole rings is 1. The second-order valence-corrected chi connectivity index (χ2v) is 15.0. The summed E-state index contributed by atoms with van der Waals surface area (Å²) in [4.78, 5) is 15.4. The van der Waals surface area contributed by atoms with Gasteiger partial charge in [-0.25, -0.2) is 18.8 Å². The van der Waals surface area contributed by atoms with Crippen molar-refractivity contribution in [2.75, 3.05) is 6.61 Å². The number of aromatic nitrogens is 2. The maximum absolute atomic E-state index is 12.9. The number of nitrogens with one attached hydrogen (secondary N) is 1. The number of aromatic carboxylic acids is 1. The van der Waals surface area contributed by atoms with Crippen LogP contribution in [0.3, 0.4) is 0 Å². The first-order chi connectivity index (χ1) is 12.0. The third-order valence-electron chi connectivity index (χ3n) is 3.91. The summed E-state index contributed by atoms with van der Waals surface area (Å²) in [6.07, 6.45) is 1.57. The predicted octanol–water partition coefficient (Wildman–Crippen LogP) is 3.67. The number of rotatable bonds is 8. The average molecular weight is 396 g/mol. The van der Waals surface area contributed by atoms with Gasteiger partial charge >= 0.3 is 5.97 Å². The van der Waals surface area contributed by atoms with Crippen molar-refractivity contribution in [3.8, 4) is 0 Å². The third kappa shape index (κ3) is 5.02. The van der Waals surface area contributed by atoms with Crippen molar-refractivity contribution in [3.05, 3.63) is 41.9 Å². The van der Waals surface area contributed by atoms with Crippen LogP contribution in [0, 0.1) is 11.7 Å². The van der Waals surface area contributed by atoms with Gasteiger partial charge in [-0.1, -0.05) is 19.6 Å². The molecule has 0 saturated carbocycles. The normalized spacial score (nSPS) is 14.2. The van der Waals surface area contributed by atoms with Crippen LogP contribution in [0.2, 0.25) is 25.7 Å². The molecule has 0 radical (unpaired) electrons. The van der Waals surface area contributed by atoms with Crippen molar-refractivity contribution in [1.29, 1.82) is 4.78 Å². The first kappa shape index (κ1) is 20.3. The van der Waals surface area contributed by atoms with Crippen molar-refractivity contribution in [2.45, 2.75) is 49.3 Å². The number of ether oxygens (including phenoxy) is 1. The minimum Gasteiger partial charge on any atom is -0.478 e. The van der Waals surface area contributed by atoms with Crippen LogP contribution in [-0.2, 0) is 21.2 Å². The molecule has 0 aliphatic carbocycles. The monoisotopic (exact) mass is 395 g/mol. The summed E-state index contributed by atoms with van der Waals surface area (Å²) in [6.45, 7) is 9.58. The van der Waals surface area contributed by atoms with Gasteiger partial charge in [0.2, 0.25) is 0 Å². The highest BCUT2D eigenvalue weighted by Gasteiger charge is 2.19. The van der Waals surface area contributed by atoms with Gasteiger partial charge in [0.1, 0.15) is 22.3 Å². The fourth-order valence-corrected chi connectivity index (χ4v) is 4.25. The van der Waals surface area contributed by atoms with Crippen molar-refractivity contribution in [2.24, 2.45) is 0 Å². The molecule has 2 aromatic rings. The van der Waals surface area contributed by atoms with Gasteiger partial charge in [0.15, 0.2) is 5.03 Å². The van der Waals surface area contributed by atoms with Crippen LogP contribution >= 0.6 is 0 Å². The molecule has 1 atom stereocenters. The Morgan fingerprint density at radius 2 is 1.92 bits per heavy atom. The van der Waals surface area contributed by atoms with E-state index < -0.39 is 23.8 Å². The lowest BCUT2D eigenvalue weighted by Crippen LogP contribution is -2.22. The highest BCUT2D eigenvalue weighted by Crippen LogP contribution is 2.22. The summed E-state index contributed by atoms with van der Waals surface area (Å²) in [7, 11) is -4.47. The van der Waals surface area contributed by atoms with E-state index in [9.17, 15) is 9.00 Å². The molecule has 7 nitrogen and oxygen atoms in total. The Labute approximate surface area is 155 Å². The van der Waals surface area contributed by atoms with E-state index in [-0.39, 0.29) is 15.5 Å². The van der Waals surface area contributed by atoms with Gasteiger partial charge in [0, 0.05) is 20.9 Å². The molecule has 142 valence electrons. The first-order valence-electron chi connectivity index (χ1n) is 8.24. The Morgan fingerprint density at radius 1 is 1.31 bits per heavy atom. The van der Waals surface area contributed by atoms with Gasteiger partial charge in [-0.2, -0.15) is 0 Å². The van der Waals surface area contributed by atoms with Crippen molar-refractivity contribution < 1.29 is 18.8 Å². The lowest BCUT2D eigenvalue weighted by Gasteiger charge is -2.15. The van der Waals surface area contributed by atoms with E-state index in [0.29, 0.717) is 19.2 Å². The average Bonchev–Trinajstić information content (AvgIpc) is 2.92. The van der Waals surface area contributed by atoms with Crippen molar-refractivity contribution in [3.63, 3.8) is 0 Å². The molecule has 2 N–H and O–H groups in total. The van der Waals surface area contributed by atoms with Crippen LogP contribution in [0.25, 0.3) is 0 Å². The third-order valence-corrected chi connectivity index (χ3v) is 7.33. The number of nitrogens with zero attached hydrogens (tertiary/aromatic N) is 2. The number of aryl methyl sites for hydroxylation is 1. The standard InChI is InChI=1S/C17H25N3O4SSi/c1-13-19-16(11-20(13)12-24-9-10-26(2,3)4)25(18,23)15-7-5-14(6-8-15)17(21)22/h5-8,11,18H,9-10,12H2,1-4H3,(H,21,22). The predicted molar refractivity (Wildman–Crippen MR) is 102 cm³/mol. The number of carbonyl (C=O) groups is 1. The lowest BCUT2D eigenvalue weighted by molar-refractivity contribution is 0.0696. The van der Waals surface area contributed by atoms with E-state index in [0.717, 1.165) is 6.04 Å². The van der Waals surface area contributed by atoms with Crippen LogP contribution in [-0.4, -0.2) is 39.5 Å². The summed E-state index contributed by atoms with van der Waals surface area (Å²) >= 11 is 0. The fourth-order valence-electron chi connectivity index (χ4n) is 2.20. The summed E-state index contributed by atoms with van der Waals surface area (Å²) in [5.74, 6) is -0.446. The summed E-state index contributed by atoms with van der Waals surface area (Å²) < 4.78 is 28.6. The zero-order chi connectivity index (χ0) is 19.5. The molecular formula is C17H25N3O4SSi. The number of benzene rings is 1. The van der Waals surface area contributed by atoms with Crippen molar-refractivity contribution >= 4 is 23.8 Å². The van der Waals surface area contributed by atoms with E-state index in [1.807, 2.05) is 0 Å². The van der Waals surface area contributed by atoms with Crippen LogP contribution in [0.1, 0.15) is 16.2 Å². The quantitative estimate of drug-likeness (QED) is 0.524. The molecule has 0 aliphatic heterocycles. The topological polar surface area (TPSA) is 105 Å². The van der Waals surface area contributed by atoms with Crippen molar-refractivity contribution in [1.82, 2.24) is 9.55 Å². The molecule has 0 spiro atoms. The zero-order valence-electron chi connectivity index (χ0n) is 15.5. The number of hydrogen-bond donors (Lipinski definition) is 2. The second kappa shape index (κ2) is 7.73. The highest BCUT2D eigenvalue weighted by molar-refractivity contribution is 7.92. The van der Waals surface area contributed by atoms with Crippen LogP contribution in [0.15, 0.2) is 40.4 Å². The van der Waals surface area contributed by atoms with E-state index in [1.165, 1.54) is 24.3 Å².